The molecule has 0 aliphatic heterocycles. The lowest BCUT2D eigenvalue weighted by Crippen LogP contribution is -2.18. The molecule has 33 heavy (non-hydrogen) atoms. The fourth-order valence-corrected chi connectivity index (χ4v) is 4.41. The second-order valence-electron chi connectivity index (χ2n) is 8.38. The van der Waals surface area contributed by atoms with E-state index in [2.05, 4.69) is 9.88 Å². The van der Waals surface area contributed by atoms with Crippen molar-refractivity contribution in [2.45, 2.75) is 38.3 Å². The van der Waals surface area contributed by atoms with Gasteiger partial charge in [0.05, 0.1) is 18.6 Å². The quantitative estimate of drug-likeness (QED) is 0.390. The Morgan fingerprint density at radius 3 is 2.64 bits per heavy atom. The number of ether oxygens (including phenoxy) is 2. The maximum absolute atomic E-state index is 12.5. The summed E-state index contributed by atoms with van der Waals surface area (Å²) in [6.07, 6.45) is 8.34. The minimum atomic E-state index is -0.159. The van der Waals surface area contributed by atoms with Crippen molar-refractivity contribution in [3.05, 3.63) is 76.8 Å². The van der Waals surface area contributed by atoms with Crippen molar-refractivity contribution in [1.82, 2.24) is 9.72 Å². The number of hydrogen-bond acceptors (Lipinski definition) is 6. The number of hydrogen-bond donors (Lipinski definition) is 0. The van der Waals surface area contributed by atoms with E-state index in [-0.39, 0.29) is 11.7 Å². The Hall–Kier alpha value is -3.74. The number of anilines is 2. The van der Waals surface area contributed by atoms with Crippen molar-refractivity contribution in [1.29, 1.82) is 0 Å². The normalized spacial score (nSPS) is 14.0. The molecular formula is C26H27N3O4. The molecule has 4 aromatic rings. The summed E-state index contributed by atoms with van der Waals surface area (Å²) < 4.78 is 18.7. The Kier molecular flexibility index (Phi) is 5.77. The van der Waals surface area contributed by atoms with Gasteiger partial charge in [0, 0.05) is 43.4 Å². The lowest BCUT2D eigenvalue weighted by molar-refractivity contribution is 0.201. The van der Waals surface area contributed by atoms with Gasteiger partial charge in [0.2, 0.25) is 0 Å². The molecule has 0 amide bonds. The summed E-state index contributed by atoms with van der Waals surface area (Å²) >= 11 is 0. The Labute approximate surface area is 192 Å². The topological polar surface area (TPSA) is 69.7 Å². The third kappa shape index (κ3) is 4.31. The molecule has 0 spiro atoms. The van der Waals surface area contributed by atoms with E-state index >= 15 is 0 Å². The summed E-state index contributed by atoms with van der Waals surface area (Å²) in [6, 6.07) is 15.6. The lowest BCUT2D eigenvalue weighted by Gasteiger charge is -2.26. The van der Waals surface area contributed by atoms with E-state index in [0.29, 0.717) is 23.3 Å². The van der Waals surface area contributed by atoms with Gasteiger partial charge in [-0.3, -0.25) is 9.78 Å². The summed E-state index contributed by atoms with van der Waals surface area (Å²) in [7, 11) is 3.28. The van der Waals surface area contributed by atoms with Crippen LogP contribution in [0, 0.1) is 0 Å². The highest BCUT2D eigenvalue weighted by Crippen LogP contribution is 2.38. The molecule has 0 bridgehead atoms. The van der Waals surface area contributed by atoms with Crippen LogP contribution in [0.1, 0.15) is 31.2 Å². The zero-order chi connectivity index (χ0) is 22.8. The van der Waals surface area contributed by atoms with Crippen LogP contribution in [0.5, 0.6) is 11.5 Å². The first kappa shape index (κ1) is 21.1. The first-order chi connectivity index (χ1) is 16.1. The van der Waals surface area contributed by atoms with E-state index in [0.717, 1.165) is 35.5 Å². The summed E-state index contributed by atoms with van der Waals surface area (Å²) in [5.41, 5.74) is 3.27. The standard InChI is InChI=1S/C26H27N3O4/c1-28-26(30)22-14-19(9-11-23(22)33-28)29(17-18-6-5-13-27-16-18)20-10-12-24(31-2)25(15-20)32-21-7-3-4-8-21/h5-6,9-16,21H,3-4,7-8,17H2,1-2H3. The first-order valence-corrected chi connectivity index (χ1v) is 11.2. The van der Waals surface area contributed by atoms with Crippen LogP contribution in [0.3, 0.4) is 0 Å². The molecule has 0 radical (unpaired) electrons. The Morgan fingerprint density at radius 2 is 1.88 bits per heavy atom. The van der Waals surface area contributed by atoms with Crippen molar-refractivity contribution < 1.29 is 14.0 Å². The van der Waals surface area contributed by atoms with Gasteiger partial charge >= 0.3 is 0 Å². The molecule has 1 aliphatic rings. The fourth-order valence-electron chi connectivity index (χ4n) is 4.41. The number of aryl methyl sites for hydroxylation is 1. The number of nitrogens with zero attached hydrogens (tertiary/aromatic N) is 3. The van der Waals surface area contributed by atoms with Crippen LogP contribution in [0.25, 0.3) is 11.0 Å². The van der Waals surface area contributed by atoms with E-state index < -0.39 is 0 Å². The molecule has 170 valence electrons. The number of fused-ring (bicyclic) bond motifs is 1. The van der Waals surface area contributed by atoms with Crippen LogP contribution in [0.2, 0.25) is 0 Å². The minimum Gasteiger partial charge on any atom is -0.493 e. The zero-order valence-corrected chi connectivity index (χ0v) is 18.9. The van der Waals surface area contributed by atoms with Crippen LogP contribution in [-0.4, -0.2) is 22.9 Å². The van der Waals surface area contributed by atoms with Gasteiger partial charge in [0.15, 0.2) is 17.1 Å². The molecule has 1 fully saturated rings. The predicted molar refractivity (Wildman–Crippen MR) is 127 cm³/mol. The van der Waals surface area contributed by atoms with Gasteiger partial charge in [-0.15, -0.1) is 0 Å². The molecule has 0 N–H and O–H groups in total. The molecule has 2 aromatic carbocycles. The van der Waals surface area contributed by atoms with Crippen molar-refractivity contribution in [2.75, 3.05) is 12.0 Å². The monoisotopic (exact) mass is 445 g/mol. The molecule has 2 heterocycles. The molecular weight excluding hydrogens is 418 g/mol. The van der Waals surface area contributed by atoms with Gasteiger partial charge in [-0.05, 0) is 67.6 Å². The van der Waals surface area contributed by atoms with Gasteiger partial charge < -0.3 is 18.9 Å². The van der Waals surface area contributed by atoms with E-state index in [1.54, 1.807) is 20.4 Å². The SMILES string of the molecule is COc1ccc(N(Cc2cccnc2)c2ccc3on(C)c(=O)c3c2)cc1OC1CCCC1. The highest BCUT2D eigenvalue weighted by molar-refractivity contribution is 5.82. The largest absolute Gasteiger partial charge is 0.493 e. The Bertz CT molecular complexity index is 1310. The van der Waals surface area contributed by atoms with E-state index in [9.17, 15) is 4.79 Å². The highest BCUT2D eigenvalue weighted by Gasteiger charge is 2.21. The molecule has 0 saturated heterocycles. The van der Waals surface area contributed by atoms with Gasteiger partial charge in [-0.2, -0.15) is 4.74 Å². The van der Waals surface area contributed by atoms with Crippen LogP contribution in [0.4, 0.5) is 11.4 Å². The highest BCUT2D eigenvalue weighted by atomic mass is 16.5. The minimum absolute atomic E-state index is 0.159. The summed E-state index contributed by atoms with van der Waals surface area (Å²) in [5, 5.41) is 0.544. The summed E-state index contributed by atoms with van der Waals surface area (Å²) in [4.78, 5) is 18.9. The van der Waals surface area contributed by atoms with Crippen molar-refractivity contribution in [2.24, 2.45) is 7.05 Å². The Morgan fingerprint density at radius 1 is 1.09 bits per heavy atom. The van der Waals surface area contributed by atoms with Crippen molar-refractivity contribution in [3.8, 4) is 11.5 Å². The van der Waals surface area contributed by atoms with Crippen LogP contribution in [0.15, 0.2) is 70.2 Å². The average Bonchev–Trinajstić information content (AvgIpc) is 3.45. The average molecular weight is 446 g/mol. The smallest absolute Gasteiger partial charge is 0.290 e. The summed E-state index contributed by atoms with van der Waals surface area (Å²) in [6.45, 7) is 0.576. The zero-order valence-electron chi connectivity index (χ0n) is 18.9. The van der Waals surface area contributed by atoms with E-state index in [4.69, 9.17) is 14.0 Å². The van der Waals surface area contributed by atoms with Crippen LogP contribution in [-0.2, 0) is 13.6 Å². The molecule has 0 atom stereocenters. The van der Waals surface area contributed by atoms with Gasteiger partial charge in [-0.25, -0.2) is 0 Å². The van der Waals surface area contributed by atoms with Gasteiger partial charge in [0.1, 0.15) is 0 Å². The predicted octanol–water partition coefficient (Wildman–Crippen LogP) is 5.19. The maximum atomic E-state index is 12.5. The number of aromatic nitrogens is 2. The molecule has 2 aromatic heterocycles. The van der Waals surface area contributed by atoms with Crippen LogP contribution >= 0.6 is 0 Å². The number of methoxy groups -OCH3 is 1. The molecule has 7 nitrogen and oxygen atoms in total. The second-order valence-corrected chi connectivity index (χ2v) is 8.38. The third-order valence-corrected chi connectivity index (χ3v) is 6.14. The number of pyridine rings is 1. The molecule has 7 heteroatoms. The second kappa shape index (κ2) is 9.02. The molecule has 1 saturated carbocycles. The van der Waals surface area contributed by atoms with E-state index in [1.807, 2.05) is 54.7 Å². The van der Waals surface area contributed by atoms with Gasteiger partial charge in [-0.1, -0.05) is 6.07 Å². The molecule has 1 aliphatic carbocycles. The van der Waals surface area contributed by atoms with Crippen molar-refractivity contribution >= 4 is 22.3 Å². The molecule has 0 unspecified atom stereocenters. The number of rotatable bonds is 7. The summed E-state index contributed by atoms with van der Waals surface area (Å²) in [5.74, 6) is 1.45. The van der Waals surface area contributed by atoms with Crippen LogP contribution < -0.4 is 19.9 Å². The molecule has 5 rings (SSSR count). The van der Waals surface area contributed by atoms with Crippen molar-refractivity contribution in [3.63, 3.8) is 0 Å². The number of benzene rings is 2. The van der Waals surface area contributed by atoms with E-state index in [1.165, 1.54) is 17.6 Å². The van der Waals surface area contributed by atoms with Gasteiger partial charge in [0.25, 0.3) is 5.56 Å². The third-order valence-electron chi connectivity index (χ3n) is 6.14. The maximum Gasteiger partial charge on any atom is 0.290 e. The Balaban J connectivity index is 1.58. The fraction of sp³-hybridized carbons (Fsp3) is 0.308. The lowest BCUT2D eigenvalue weighted by atomic mass is 10.1. The first-order valence-electron chi connectivity index (χ1n) is 11.2.